The molecule has 0 radical (unpaired) electrons. The van der Waals surface area contributed by atoms with Crippen LogP contribution in [-0.4, -0.2) is 23.0 Å². The molecule has 1 aliphatic rings. The number of hydrazine groups is 1. The number of carbonyl (C=O) groups excluding carboxylic acids is 2. The molecule has 1 aromatic carbocycles. The van der Waals surface area contributed by atoms with Gasteiger partial charge in [-0.05, 0) is 31.0 Å². The number of hydrogen-bond acceptors (Lipinski definition) is 3. The van der Waals surface area contributed by atoms with E-state index in [0.29, 0.717) is 18.4 Å². The summed E-state index contributed by atoms with van der Waals surface area (Å²) in [5, 5.41) is 4.75. The SMILES string of the molecule is CCCCCCCC(=O)NN1C(=O)c2cc(Br)ccc2NC1CC. The molecule has 0 fully saturated rings. The Labute approximate surface area is 152 Å². The van der Waals surface area contributed by atoms with Crippen LogP contribution in [0.1, 0.15) is 69.2 Å². The van der Waals surface area contributed by atoms with Gasteiger partial charge in [0, 0.05) is 16.6 Å². The van der Waals surface area contributed by atoms with Gasteiger partial charge in [0.05, 0.1) is 5.56 Å². The zero-order chi connectivity index (χ0) is 17.5. The second-order valence-corrected chi connectivity index (χ2v) is 7.05. The van der Waals surface area contributed by atoms with E-state index in [9.17, 15) is 9.59 Å². The molecule has 132 valence electrons. The first-order valence-corrected chi connectivity index (χ1v) is 9.55. The van der Waals surface area contributed by atoms with Crippen molar-refractivity contribution in [2.24, 2.45) is 0 Å². The Morgan fingerprint density at radius 3 is 2.71 bits per heavy atom. The molecule has 0 spiro atoms. The molecule has 0 bridgehead atoms. The lowest BCUT2D eigenvalue weighted by Crippen LogP contribution is -2.57. The van der Waals surface area contributed by atoms with Crippen molar-refractivity contribution in [3.8, 4) is 0 Å². The van der Waals surface area contributed by atoms with Crippen LogP contribution in [0.5, 0.6) is 0 Å². The minimum absolute atomic E-state index is 0.0986. The molecule has 1 atom stereocenters. The number of hydrogen-bond donors (Lipinski definition) is 2. The van der Waals surface area contributed by atoms with Gasteiger partial charge in [0.15, 0.2) is 0 Å². The molecule has 5 nitrogen and oxygen atoms in total. The van der Waals surface area contributed by atoms with Crippen molar-refractivity contribution in [2.45, 2.75) is 65.0 Å². The summed E-state index contributed by atoms with van der Waals surface area (Å²) in [6, 6.07) is 5.56. The molecule has 1 aliphatic heterocycles. The van der Waals surface area contributed by atoms with Crippen molar-refractivity contribution in [2.75, 3.05) is 5.32 Å². The van der Waals surface area contributed by atoms with Crippen LogP contribution >= 0.6 is 15.9 Å². The van der Waals surface area contributed by atoms with E-state index in [1.165, 1.54) is 17.9 Å². The maximum atomic E-state index is 12.7. The number of anilines is 1. The second kappa shape index (κ2) is 9.06. The summed E-state index contributed by atoms with van der Waals surface area (Å²) in [7, 11) is 0. The van der Waals surface area contributed by atoms with Crippen molar-refractivity contribution in [1.29, 1.82) is 0 Å². The maximum Gasteiger partial charge on any atom is 0.276 e. The van der Waals surface area contributed by atoms with Gasteiger partial charge in [-0.25, -0.2) is 5.01 Å². The Bertz CT molecular complexity index is 592. The standard InChI is InChI=1S/C18H26BrN3O2/c1-3-5-6-7-8-9-17(23)21-22-16(4-2)20-15-11-10-13(19)12-14(15)18(22)24/h10-12,16,20H,3-9H2,1-2H3,(H,21,23). The van der Waals surface area contributed by atoms with E-state index in [2.05, 4.69) is 33.6 Å². The Balaban J connectivity index is 1.98. The van der Waals surface area contributed by atoms with Gasteiger partial charge in [-0.15, -0.1) is 0 Å². The van der Waals surface area contributed by atoms with Crippen LogP contribution < -0.4 is 10.7 Å². The van der Waals surface area contributed by atoms with Gasteiger partial charge < -0.3 is 5.32 Å². The molecule has 2 N–H and O–H groups in total. The quantitative estimate of drug-likeness (QED) is 0.639. The monoisotopic (exact) mass is 395 g/mol. The number of unbranched alkanes of at least 4 members (excludes halogenated alkanes) is 4. The van der Waals surface area contributed by atoms with E-state index >= 15 is 0 Å². The second-order valence-electron chi connectivity index (χ2n) is 6.13. The molecular formula is C18H26BrN3O2. The zero-order valence-electron chi connectivity index (χ0n) is 14.4. The zero-order valence-corrected chi connectivity index (χ0v) is 16.0. The molecule has 0 aliphatic carbocycles. The predicted molar refractivity (Wildman–Crippen MR) is 99.5 cm³/mol. The van der Waals surface area contributed by atoms with Gasteiger partial charge in [0.25, 0.3) is 5.91 Å². The van der Waals surface area contributed by atoms with Crippen molar-refractivity contribution >= 4 is 33.4 Å². The predicted octanol–water partition coefficient (Wildman–Crippen LogP) is 4.44. The smallest absolute Gasteiger partial charge is 0.276 e. The number of benzene rings is 1. The van der Waals surface area contributed by atoms with Crippen LogP contribution in [0.4, 0.5) is 5.69 Å². The van der Waals surface area contributed by atoms with Gasteiger partial charge in [0.2, 0.25) is 5.91 Å². The lowest BCUT2D eigenvalue weighted by molar-refractivity contribution is -0.125. The van der Waals surface area contributed by atoms with E-state index in [4.69, 9.17) is 0 Å². The van der Waals surface area contributed by atoms with Crippen LogP contribution in [0.2, 0.25) is 0 Å². The maximum absolute atomic E-state index is 12.7. The highest BCUT2D eigenvalue weighted by molar-refractivity contribution is 9.10. The molecule has 2 rings (SSSR count). The van der Waals surface area contributed by atoms with Crippen molar-refractivity contribution in [1.82, 2.24) is 10.4 Å². The van der Waals surface area contributed by atoms with Crippen LogP contribution in [0, 0.1) is 0 Å². The fraction of sp³-hybridized carbons (Fsp3) is 0.556. The first-order chi connectivity index (χ1) is 11.6. The Morgan fingerprint density at radius 2 is 2.00 bits per heavy atom. The summed E-state index contributed by atoms with van der Waals surface area (Å²) < 4.78 is 0.841. The molecular weight excluding hydrogens is 370 g/mol. The van der Waals surface area contributed by atoms with E-state index in [1.54, 1.807) is 6.07 Å². The average molecular weight is 396 g/mol. The van der Waals surface area contributed by atoms with Crippen molar-refractivity contribution in [3.63, 3.8) is 0 Å². The summed E-state index contributed by atoms with van der Waals surface area (Å²) in [5.74, 6) is -0.269. The van der Waals surface area contributed by atoms with Gasteiger partial charge in [-0.1, -0.05) is 55.5 Å². The van der Waals surface area contributed by atoms with E-state index in [-0.39, 0.29) is 18.0 Å². The molecule has 0 aromatic heterocycles. The molecule has 24 heavy (non-hydrogen) atoms. The van der Waals surface area contributed by atoms with Crippen LogP contribution in [-0.2, 0) is 4.79 Å². The number of nitrogens with one attached hydrogen (secondary N) is 2. The molecule has 2 amide bonds. The normalized spacial score (nSPS) is 16.5. The topological polar surface area (TPSA) is 61.4 Å². The number of fused-ring (bicyclic) bond motifs is 1. The van der Waals surface area contributed by atoms with Gasteiger partial charge in [-0.2, -0.15) is 0 Å². The van der Waals surface area contributed by atoms with Crippen molar-refractivity contribution in [3.05, 3.63) is 28.2 Å². The summed E-state index contributed by atoms with van der Waals surface area (Å²) in [6.45, 7) is 4.15. The van der Waals surface area contributed by atoms with Crippen molar-refractivity contribution < 1.29 is 9.59 Å². The minimum atomic E-state index is -0.227. The number of carbonyl (C=O) groups is 2. The molecule has 0 saturated carbocycles. The van der Waals surface area contributed by atoms with Crippen LogP contribution in [0.3, 0.4) is 0 Å². The summed E-state index contributed by atoms with van der Waals surface area (Å²) in [6.07, 6.45) is 6.41. The van der Waals surface area contributed by atoms with E-state index < -0.39 is 0 Å². The molecule has 6 heteroatoms. The highest BCUT2D eigenvalue weighted by Crippen LogP contribution is 2.28. The number of nitrogens with zero attached hydrogens (tertiary/aromatic N) is 1. The first kappa shape index (κ1) is 18.8. The van der Waals surface area contributed by atoms with Gasteiger partial charge in [0.1, 0.15) is 6.17 Å². The molecule has 1 heterocycles. The highest BCUT2D eigenvalue weighted by atomic mass is 79.9. The molecule has 1 aromatic rings. The Hall–Kier alpha value is -1.56. The van der Waals surface area contributed by atoms with Gasteiger partial charge >= 0.3 is 0 Å². The average Bonchev–Trinajstić information content (AvgIpc) is 2.57. The lowest BCUT2D eigenvalue weighted by atomic mass is 10.1. The summed E-state index contributed by atoms with van der Waals surface area (Å²) >= 11 is 3.39. The first-order valence-electron chi connectivity index (χ1n) is 8.76. The fourth-order valence-electron chi connectivity index (χ4n) is 2.83. The third-order valence-electron chi connectivity index (χ3n) is 4.20. The number of halogens is 1. The summed E-state index contributed by atoms with van der Waals surface area (Å²) in [5.41, 5.74) is 4.16. The number of rotatable bonds is 8. The molecule has 0 saturated heterocycles. The van der Waals surface area contributed by atoms with E-state index in [0.717, 1.165) is 29.4 Å². The third-order valence-corrected chi connectivity index (χ3v) is 4.70. The number of amides is 2. The fourth-order valence-corrected chi connectivity index (χ4v) is 3.19. The van der Waals surface area contributed by atoms with Gasteiger partial charge in [-0.3, -0.25) is 15.0 Å². The van der Waals surface area contributed by atoms with Crippen LogP contribution in [0.15, 0.2) is 22.7 Å². The largest absolute Gasteiger partial charge is 0.363 e. The minimum Gasteiger partial charge on any atom is -0.363 e. The van der Waals surface area contributed by atoms with E-state index in [1.807, 2.05) is 19.1 Å². The molecule has 1 unspecified atom stereocenters. The Morgan fingerprint density at radius 1 is 1.25 bits per heavy atom. The lowest BCUT2D eigenvalue weighted by Gasteiger charge is -2.37. The summed E-state index contributed by atoms with van der Waals surface area (Å²) in [4.78, 5) is 24.9. The van der Waals surface area contributed by atoms with Crippen LogP contribution in [0.25, 0.3) is 0 Å². The highest BCUT2D eigenvalue weighted by Gasteiger charge is 2.32. The third kappa shape index (κ3) is 4.72. The Kier molecular flexibility index (Phi) is 7.09.